The molecular weight excluding hydrogens is 436 g/mol. The Morgan fingerprint density at radius 1 is 1.09 bits per heavy atom. The van der Waals surface area contributed by atoms with Gasteiger partial charge in [0.05, 0.1) is 18.9 Å². The zero-order valence-corrected chi connectivity index (χ0v) is 21.3. The standard InChI is InChI=1S/C29H38N4O2/c1-23-9-11-24(12-10-23)13-14-26-15-16-29(2,17-18-35-20-25-7-5-4-6-8-25)28(32-34-3)27(26)19-33-22-30-21-31-33/h4-12,21-22,26-27H,13-20H2,1-3H3/t26-,27+,29+/m1/s1. The van der Waals surface area contributed by atoms with Crippen molar-refractivity contribution in [3.05, 3.63) is 83.9 Å². The van der Waals surface area contributed by atoms with Crippen LogP contribution in [0, 0.1) is 24.2 Å². The Labute approximate surface area is 209 Å². The van der Waals surface area contributed by atoms with Crippen LogP contribution < -0.4 is 0 Å². The van der Waals surface area contributed by atoms with E-state index in [9.17, 15) is 0 Å². The molecule has 0 radical (unpaired) electrons. The molecule has 0 spiro atoms. The molecule has 0 bridgehead atoms. The lowest BCUT2D eigenvalue weighted by molar-refractivity contribution is 0.0877. The molecule has 1 aromatic heterocycles. The average Bonchev–Trinajstić information content (AvgIpc) is 3.39. The molecule has 3 aromatic rings. The van der Waals surface area contributed by atoms with Gasteiger partial charge in [-0.25, -0.2) is 4.98 Å². The Morgan fingerprint density at radius 3 is 2.60 bits per heavy atom. The summed E-state index contributed by atoms with van der Waals surface area (Å²) < 4.78 is 8.01. The summed E-state index contributed by atoms with van der Waals surface area (Å²) in [4.78, 5) is 9.60. The summed E-state index contributed by atoms with van der Waals surface area (Å²) in [5.74, 6) is 0.752. The first kappa shape index (κ1) is 25.1. The maximum atomic E-state index is 6.07. The van der Waals surface area contributed by atoms with Gasteiger partial charge >= 0.3 is 0 Å². The van der Waals surface area contributed by atoms with Crippen molar-refractivity contribution in [2.45, 2.75) is 59.1 Å². The first-order chi connectivity index (χ1) is 17.1. The van der Waals surface area contributed by atoms with E-state index in [0.29, 0.717) is 19.1 Å². The van der Waals surface area contributed by atoms with Gasteiger partial charge < -0.3 is 9.57 Å². The van der Waals surface area contributed by atoms with E-state index in [1.807, 2.05) is 10.7 Å². The van der Waals surface area contributed by atoms with Crippen LogP contribution in [0.3, 0.4) is 0 Å². The van der Waals surface area contributed by atoms with Crippen LogP contribution in [0.5, 0.6) is 0 Å². The molecule has 2 aromatic carbocycles. The predicted molar refractivity (Wildman–Crippen MR) is 139 cm³/mol. The minimum absolute atomic E-state index is 0.0711. The second-order valence-corrected chi connectivity index (χ2v) is 10.1. The number of hydrogen-bond donors (Lipinski definition) is 0. The molecule has 0 aliphatic heterocycles. The van der Waals surface area contributed by atoms with Crippen LogP contribution in [-0.4, -0.2) is 34.2 Å². The minimum Gasteiger partial charge on any atom is -0.399 e. The molecule has 3 atom stereocenters. The molecule has 35 heavy (non-hydrogen) atoms. The van der Waals surface area contributed by atoms with E-state index in [-0.39, 0.29) is 11.3 Å². The smallest absolute Gasteiger partial charge is 0.137 e. The Bertz CT molecular complexity index is 1050. The fourth-order valence-corrected chi connectivity index (χ4v) is 5.31. The summed E-state index contributed by atoms with van der Waals surface area (Å²) in [7, 11) is 1.65. The number of rotatable bonds is 11. The molecule has 0 unspecified atom stereocenters. The second-order valence-electron chi connectivity index (χ2n) is 10.1. The van der Waals surface area contributed by atoms with Gasteiger partial charge in [-0.2, -0.15) is 5.10 Å². The normalized spacial score (nSPS) is 23.5. The van der Waals surface area contributed by atoms with Crippen molar-refractivity contribution in [3.63, 3.8) is 0 Å². The highest BCUT2D eigenvalue weighted by molar-refractivity contribution is 5.92. The van der Waals surface area contributed by atoms with Crippen LogP contribution in [0.4, 0.5) is 0 Å². The fourth-order valence-electron chi connectivity index (χ4n) is 5.31. The number of aryl methyl sites for hydroxylation is 2. The van der Waals surface area contributed by atoms with Crippen molar-refractivity contribution in [1.29, 1.82) is 0 Å². The van der Waals surface area contributed by atoms with Crippen molar-refractivity contribution in [2.75, 3.05) is 13.7 Å². The topological polar surface area (TPSA) is 61.5 Å². The van der Waals surface area contributed by atoms with Crippen LogP contribution >= 0.6 is 0 Å². The average molecular weight is 475 g/mol. The monoisotopic (exact) mass is 474 g/mol. The van der Waals surface area contributed by atoms with Crippen molar-refractivity contribution in [2.24, 2.45) is 22.4 Å². The van der Waals surface area contributed by atoms with Gasteiger partial charge in [-0.05, 0) is 56.1 Å². The van der Waals surface area contributed by atoms with Crippen LogP contribution in [0.1, 0.15) is 49.3 Å². The van der Waals surface area contributed by atoms with E-state index in [0.717, 1.165) is 44.4 Å². The zero-order valence-electron chi connectivity index (χ0n) is 21.3. The summed E-state index contributed by atoms with van der Waals surface area (Å²) in [5.41, 5.74) is 4.96. The van der Waals surface area contributed by atoms with Crippen LogP contribution in [-0.2, 0) is 29.1 Å². The molecule has 6 heteroatoms. The Balaban J connectivity index is 1.46. The maximum absolute atomic E-state index is 6.07. The van der Waals surface area contributed by atoms with E-state index in [1.54, 1.807) is 19.8 Å². The van der Waals surface area contributed by atoms with Crippen molar-refractivity contribution in [3.8, 4) is 0 Å². The minimum atomic E-state index is -0.0711. The van der Waals surface area contributed by atoms with Crippen LogP contribution in [0.15, 0.2) is 72.4 Å². The number of aromatic nitrogens is 3. The van der Waals surface area contributed by atoms with E-state index < -0.39 is 0 Å². The molecule has 1 fully saturated rings. The molecule has 1 aliphatic rings. The summed E-state index contributed by atoms with van der Waals surface area (Å²) in [6, 6.07) is 19.3. The number of nitrogens with zero attached hydrogens (tertiary/aromatic N) is 4. The Morgan fingerprint density at radius 2 is 1.89 bits per heavy atom. The number of oxime groups is 1. The first-order valence-electron chi connectivity index (χ1n) is 12.7. The van der Waals surface area contributed by atoms with Crippen molar-refractivity contribution in [1.82, 2.24) is 14.8 Å². The molecule has 1 heterocycles. The van der Waals surface area contributed by atoms with E-state index in [2.05, 4.69) is 77.6 Å². The molecule has 0 amide bonds. The molecule has 1 saturated carbocycles. The molecule has 4 rings (SSSR count). The summed E-state index contributed by atoms with van der Waals surface area (Å²) in [5, 5.41) is 9.06. The summed E-state index contributed by atoms with van der Waals surface area (Å²) in [6.45, 7) is 6.55. The van der Waals surface area contributed by atoms with E-state index in [1.165, 1.54) is 16.7 Å². The number of hydrogen-bond acceptors (Lipinski definition) is 5. The van der Waals surface area contributed by atoms with Crippen LogP contribution in [0.25, 0.3) is 0 Å². The number of benzene rings is 2. The van der Waals surface area contributed by atoms with Gasteiger partial charge in [0.25, 0.3) is 0 Å². The maximum Gasteiger partial charge on any atom is 0.137 e. The second kappa shape index (κ2) is 12.1. The SMILES string of the molecule is CON=C1[C@@H](Cn2cncn2)[C@H](CCc2ccc(C)cc2)CC[C@@]1(C)CCOCc1ccccc1. The molecule has 0 N–H and O–H groups in total. The van der Waals surface area contributed by atoms with Crippen LogP contribution in [0.2, 0.25) is 0 Å². The van der Waals surface area contributed by atoms with E-state index in [4.69, 9.17) is 9.57 Å². The zero-order chi connectivity index (χ0) is 24.5. The Kier molecular flexibility index (Phi) is 8.69. The third-order valence-corrected chi connectivity index (χ3v) is 7.48. The molecule has 186 valence electrons. The summed E-state index contributed by atoms with van der Waals surface area (Å²) in [6.07, 6.45) is 8.74. The highest BCUT2D eigenvalue weighted by Crippen LogP contribution is 2.45. The van der Waals surface area contributed by atoms with Gasteiger partial charge in [-0.15, -0.1) is 0 Å². The lowest BCUT2D eigenvalue weighted by atomic mass is 9.62. The molecule has 1 aliphatic carbocycles. The van der Waals surface area contributed by atoms with Gasteiger partial charge in [0, 0.05) is 17.9 Å². The lowest BCUT2D eigenvalue weighted by Crippen LogP contribution is -2.45. The first-order valence-corrected chi connectivity index (χ1v) is 12.7. The number of ether oxygens (including phenoxy) is 1. The Hall–Kier alpha value is -2.99. The fraction of sp³-hybridized carbons (Fsp3) is 0.483. The largest absolute Gasteiger partial charge is 0.399 e. The van der Waals surface area contributed by atoms with Crippen molar-refractivity contribution < 1.29 is 9.57 Å². The highest BCUT2D eigenvalue weighted by Gasteiger charge is 2.44. The van der Waals surface area contributed by atoms with Gasteiger partial charge in [0.2, 0.25) is 0 Å². The lowest BCUT2D eigenvalue weighted by Gasteiger charge is -2.44. The molecule has 0 saturated heterocycles. The van der Waals surface area contributed by atoms with Crippen molar-refractivity contribution >= 4 is 5.71 Å². The van der Waals surface area contributed by atoms with Gasteiger partial charge in [0.1, 0.15) is 19.8 Å². The van der Waals surface area contributed by atoms with Gasteiger partial charge in [-0.1, -0.05) is 72.2 Å². The van der Waals surface area contributed by atoms with Gasteiger partial charge in [0.15, 0.2) is 0 Å². The van der Waals surface area contributed by atoms with E-state index >= 15 is 0 Å². The van der Waals surface area contributed by atoms with Gasteiger partial charge in [-0.3, -0.25) is 4.68 Å². The summed E-state index contributed by atoms with van der Waals surface area (Å²) >= 11 is 0. The quantitative estimate of drug-likeness (QED) is 0.258. The predicted octanol–water partition coefficient (Wildman–Crippen LogP) is 5.86. The third kappa shape index (κ3) is 6.79. The third-order valence-electron chi connectivity index (χ3n) is 7.48. The molecular formula is C29H38N4O2. The highest BCUT2D eigenvalue weighted by atomic mass is 16.6. The molecule has 6 nitrogen and oxygen atoms in total.